The predicted molar refractivity (Wildman–Crippen MR) is 62.0 cm³/mol. The van der Waals surface area contributed by atoms with E-state index in [1.807, 2.05) is 0 Å². The Balaban J connectivity index is 1.88. The number of hydrogen-bond acceptors (Lipinski definition) is 3. The Morgan fingerprint density at radius 2 is 1.94 bits per heavy atom. The van der Waals surface area contributed by atoms with Gasteiger partial charge in [0.15, 0.2) is 0 Å². The second-order valence-electron chi connectivity index (χ2n) is 6.19. The molecule has 1 heterocycles. The Bertz CT molecular complexity index is 275. The van der Waals surface area contributed by atoms with E-state index in [9.17, 15) is 10.2 Å². The summed E-state index contributed by atoms with van der Waals surface area (Å²) in [7, 11) is 0. The molecule has 0 amide bonds. The van der Waals surface area contributed by atoms with Crippen molar-refractivity contribution in [1.29, 1.82) is 0 Å². The number of aliphatic hydroxyl groups excluding tert-OH is 1. The molecule has 0 aromatic carbocycles. The topological polar surface area (TPSA) is 52.5 Å². The molecule has 3 rings (SSSR count). The molecular weight excluding hydrogens is 202 g/mol. The standard InChI is InChI=1S/C13H23NO2/c15-9-12(3-5-14-6-4-12)13(16)8-10-1-2-11(13)7-10/h10-11,14-16H,1-9H2. The summed E-state index contributed by atoms with van der Waals surface area (Å²) in [5.74, 6) is 1.19. The number of nitrogens with one attached hydrogen (secondary N) is 1. The molecule has 0 spiro atoms. The number of rotatable bonds is 2. The van der Waals surface area contributed by atoms with Gasteiger partial charge in [-0.15, -0.1) is 0 Å². The molecular formula is C13H23NO2. The second kappa shape index (κ2) is 3.69. The number of hydrogen-bond donors (Lipinski definition) is 3. The monoisotopic (exact) mass is 225 g/mol. The first kappa shape index (κ1) is 11.0. The Morgan fingerprint density at radius 3 is 2.44 bits per heavy atom. The molecule has 0 aromatic heterocycles. The second-order valence-corrected chi connectivity index (χ2v) is 6.19. The van der Waals surface area contributed by atoms with Crippen LogP contribution in [0.15, 0.2) is 0 Å². The van der Waals surface area contributed by atoms with Gasteiger partial charge in [-0.05, 0) is 63.5 Å². The first-order chi connectivity index (χ1) is 7.70. The summed E-state index contributed by atoms with van der Waals surface area (Å²) in [5.41, 5.74) is -0.773. The van der Waals surface area contributed by atoms with Crippen LogP contribution in [0.5, 0.6) is 0 Å². The summed E-state index contributed by atoms with van der Waals surface area (Å²) in [5, 5.41) is 24.2. The van der Waals surface area contributed by atoms with Crippen LogP contribution in [0.1, 0.15) is 38.5 Å². The van der Waals surface area contributed by atoms with Crippen molar-refractivity contribution in [2.75, 3.05) is 19.7 Å². The number of aliphatic hydroxyl groups is 2. The third-order valence-electron chi connectivity index (χ3n) is 5.60. The first-order valence-electron chi connectivity index (χ1n) is 6.74. The molecule has 3 N–H and O–H groups in total. The van der Waals surface area contributed by atoms with Crippen LogP contribution in [0, 0.1) is 17.3 Å². The van der Waals surface area contributed by atoms with Gasteiger partial charge in [0.2, 0.25) is 0 Å². The molecule has 1 aliphatic heterocycles. The highest BCUT2D eigenvalue weighted by Crippen LogP contribution is 2.59. The maximum atomic E-state index is 11.1. The maximum Gasteiger partial charge on any atom is 0.0757 e. The van der Waals surface area contributed by atoms with Crippen LogP contribution in [0.3, 0.4) is 0 Å². The summed E-state index contributed by atoms with van der Waals surface area (Å²) in [6.45, 7) is 2.05. The van der Waals surface area contributed by atoms with E-state index in [2.05, 4.69) is 5.32 Å². The highest BCUT2D eigenvalue weighted by molar-refractivity contribution is 5.11. The predicted octanol–water partition coefficient (Wildman–Crippen LogP) is 0.900. The average Bonchev–Trinajstić information content (AvgIpc) is 2.90. The van der Waals surface area contributed by atoms with Gasteiger partial charge >= 0.3 is 0 Å². The molecule has 3 fully saturated rings. The zero-order valence-corrected chi connectivity index (χ0v) is 9.91. The van der Waals surface area contributed by atoms with Gasteiger partial charge in [0, 0.05) is 5.41 Å². The van der Waals surface area contributed by atoms with E-state index in [1.165, 1.54) is 19.3 Å². The number of piperidine rings is 1. The molecule has 1 saturated heterocycles. The zero-order valence-electron chi connectivity index (χ0n) is 9.91. The fourth-order valence-corrected chi connectivity index (χ4v) is 4.58. The largest absolute Gasteiger partial charge is 0.396 e. The third kappa shape index (κ3) is 1.31. The van der Waals surface area contributed by atoms with Gasteiger partial charge in [0.05, 0.1) is 12.2 Å². The van der Waals surface area contributed by atoms with Crippen molar-refractivity contribution in [2.45, 2.75) is 44.1 Å². The first-order valence-corrected chi connectivity index (χ1v) is 6.74. The number of fused-ring (bicyclic) bond motifs is 2. The molecule has 3 heteroatoms. The maximum absolute atomic E-state index is 11.1. The summed E-state index contributed by atoms with van der Waals surface area (Å²) < 4.78 is 0. The zero-order chi connectivity index (χ0) is 11.2. The fourth-order valence-electron chi connectivity index (χ4n) is 4.58. The lowest BCUT2D eigenvalue weighted by molar-refractivity contribution is -0.155. The van der Waals surface area contributed by atoms with Crippen molar-refractivity contribution in [3.05, 3.63) is 0 Å². The minimum atomic E-state index is -0.563. The van der Waals surface area contributed by atoms with Gasteiger partial charge in [0.1, 0.15) is 0 Å². The van der Waals surface area contributed by atoms with Gasteiger partial charge in [-0.2, -0.15) is 0 Å². The summed E-state index contributed by atoms with van der Waals surface area (Å²) >= 11 is 0. The highest BCUT2D eigenvalue weighted by atomic mass is 16.3. The van der Waals surface area contributed by atoms with Crippen LogP contribution in [-0.2, 0) is 0 Å². The lowest BCUT2D eigenvalue weighted by Gasteiger charge is -2.51. The normalized spacial score (nSPS) is 46.1. The van der Waals surface area contributed by atoms with Gasteiger partial charge in [-0.3, -0.25) is 0 Å². The van der Waals surface area contributed by atoms with E-state index in [-0.39, 0.29) is 12.0 Å². The lowest BCUT2D eigenvalue weighted by Crippen LogP contribution is -2.58. The quantitative estimate of drug-likeness (QED) is 0.654. The third-order valence-corrected chi connectivity index (χ3v) is 5.60. The van der Waals surface area contributed by atoms with E-state index < -0.39 is 5.60 Å². The van der Waals surface area contributed by atoms with E-state index in [4.69, 9.17) is 0 Å². The van der Waals surface area contributed by atoms with Crippen LogP contribution in [0.25, 0.3) is 0 Å². The molecule has 92 valence electrons. The van der Waals surface area contributed by atoms with Crippen molar-refractivity contribution in [1.82, 2.24) is 5.32 Å². The van der Waals surface area contributed by atoms with Crippen molar-refractivity contribution < 1.29 is 10.2 Å². The molecule has 2 bridgehead atoms. The minimum Gasteiger partial charge on any atom is -0.396 e. The molecule has 2 aliphatic carbocycles. The van der Waals surface area contributed by atoms with E-state index in [1.54, 1.807) is 0 Å². The molecule has 2 saturated carbocycles. The molecule has 3 unspecified atom stereocenters. The van der Waals surface area contributed by atoms with E-state index >= 15 is 0 Å². The van der Waals surface area contributed by atoms with E-state index in [0.717, 1.165) is 38.3 Å². The Hall–Kier alpha value is -0.120. The van der Waals surface area contributed by atoms with Crippen LogP contribution in [0.4, 0.5) is 0 Å². The Labute approximate surface area is 97.2 Å². The molecule has 16 heavy (non-hydrogen) atoms. The van der Waals surface area contributed by atoms with Gasteiger partial charge in [-0.25, -0.2) is 0 Å². The summed E-state index contributed by atoms with van der Waals surface area (Å²) in [4.78, 5) is 0. The average molecular weight is 225 g/mol. The smallest absolute Gasteiger partial charge is 0.0757 e. The van der Waals surface area contributed by atoms with Crippen LogP contribution in [-0.4, -0.2) is 35.5 Å². The Morgan fingerprint density at radius 1 is 1.19 bits per heavy atom. The highest BCUT2D eigenvalue weighted by Gasteiger charge is 2.60. The van der Waals surface area contributed by atoms with Crippen molar-refractivity contribution in [3.63, 3.8) is 0 Å². The molecule has 3 nitrogen and oxygen atoms in total. The van der Waals surface area contributed by atoms with Crippen molar-refractivity contribution >= 4 is 0 Å². The fraction of sp³-hybridized carbons (Fsp3) is 1.00. The molecule has 0 radical (unpaired) electrons. The minimum absolute atomic E-state index is 0.161. The van der Waals surface area contributed by atoms with Crippen LogP contribution < -0.4 is 5.32 Å². The summed E-state index contributed by atoms with van der Waals surface area (Å²) in [6, 6.07) is 0. The lowest BCUT2D eigenvalue weighted by atomic mass is 9.60. The molecule has 3 aliphatic rings. The van der Waals surface area contributed by atoms with Gasteiger partial charge in [-0.1, -0.05) is 0 Å². The molecule has 3 atom stereocenters. The van der Waals surface area contributed by atoms with Gasteiger partial charge in [0.25, 0.3) is 0 Å². The van der Waals surface area contributed by atoms with Crippen LogP contribution in [0.2, 0.25) is 0 Å². The van der Waals surface area contributed by atoms with Gasteiger partial charge < -0.3 is 15.5 Å². The van der Waals surface area contributed by atoms with Crippen molar-refractivity contribution in [2.24, 2.45) is 17.3 Å². The van der Waals surface area contributed by atoms with Crippen molar-refractivity contribution in [3.8, 4) is 0 Å². The van der Waals surface area contributed by atoms with E-state index in [0.29, 0.717) is 5.92 Å². The molecule has 0 aromatic rings. The summed E-state index contributed by atoms with van der Waals surface area (Å²) in [6.07, 6.45) is 6.49. The Kier molecular flexibility index (Phi) is 2.54. The van der Waals surface area contributed by atoms with Crippen LogP contribution >= 0.6 is 0 Å². The SMILES string of the molecule is OCC1(C2(O)CC3CCC2C3)CCNCC1.